The van der Waals surface area contributed by atoms with Gasteiger partial charge in [-0.05, 0) is 48.8 Å². The number of carbonyl (C=O) groups is 3. The minimum absolute atomic E-state index is 0.0828. The monoisotopic (exact) mass is 537 g/mol. The molecule has 2 atom stereocenters. The van der Waals surface area contributed by atoms with Crippen LogP contribution in [0.1, 0.15) is 43.6 Å². The van der Waals surface area contributed by atoms with Gasteiger partial charge >= 0.3 is 0 Å². The molecular weight excluding hydrogens is 506 g/mol. The van der Waals surface area contributed by atoms with Gasteiger partial charge in [0.25, 0.3) is 15.9 Å². The van der Waals surface area contributed by atoms with Gasteiger partial charge in [-0.2, -0.15) is 4.31 Å². The predicted molar refractivity (Wildman–Crippen MR) is 142 cm³/mol. The van der Waals surface area contributed by atoms with E-state index in [4.69, 9.17) is 0 Å². The maximum absolute atomic E-state index is 13.2. The molecule has 2 N–H and O–H groups in total. The molecule has 4 rings (SSSR count). The molecule has 0 radical (unpaired) electrons. The minimum atomic E-state index is -3.94. The van der Waals surface area contributed by atoms with Gasteiger partial charge in [-0.15, -0.1) is 0 Å². The fourth-order valence-electron chi connectivity index (χ4n) is 4.40. The lowest BCUT2D eigenvalue weighted by Crippen LogP contribution is -2.52. The Morgan fingerprint density at radius 1 is 1.08 bits per heavy atom. The summed E-state index contributed by atoms with van der Waals surface area (Å²) in [4.78, 5) is 47.4. The predicted octanol–water partition coefficient (Wildman–Crippen LogP) is 2.31. The van der Waals surface area contributed by atoms with Crippen LogP contribution in [0.15, 0.2) is 66.0 Å². The number of sulfonamides is 1. The molecular formula is C27H31N5O5S. The van der Waals surface area contributed by atoms with E-state index in [2.05, 4.69) is 20.6 Å². The average Bonchev–Trinajstić information content (AvgIpc) is 3.09. The first kappa shape index (κ1) is 27.3. The van der Waals surface area contributed by atoms with Gasteiger partial charge < -0.3 is 10.6 Å². The number of hydrogen-bond donors (Lipinski definition) is 2. The Balaban J connectivity index is 1.44. The Labute approximate surface area is 221 Å². The van der Waals surface area contributed by atoms with E-state index in [9.17, 15) is 22.8 Å². The van der Waals surface area contributed by atoms with Gasteiger partial charge in [0, 0.05) is 24.3 Å². The van der Waals surface area contributed by atoms with Gasteiger partial charge in [0.05, 0.1) is 12.6 Å². The van der Waals surface area contributed by atoms with Crippen LogP contribution in [0.2, 0.25) is 0 Å². The van der Waals surface area contributed by atoms with Crippen molar-refractivity contribution in [1.29, 1.82) is 0 Å². The Morgan fingerprint density at radius 2 is 1.82 bits per heavy atom. The van der Waals surface area contributed by atoms with E-state index in [1.54, 1.807) is 24.4 Å². The number of ketones is 1. The zero-order valence-electron chi connectivity index (χ0n) is 21.3. The van der Waals surface area contributed by atoms with E-state index in [-0.39, 0.29) is 36.1 Å². The van der Waals surface area contributed by atoms with Crippen molar-refractivity contribution in [1.82, 2.24) is 24.9 Å². The zero-order chi connectivity index (χ0) is 27.3. The maximum atomic E-state index is 13.2. The van der Waals surface area contributed by atoms with Crippen LogP contribution in [0.5, 0.6) is 0 Å². The van der Waals surface area contributed by atoms with Crippen LogP contribution in [0.25, 0.3) is 10.8 Å². The quantitative estimate of drug-likeness (QED) is 0.450. The molecule has 0 bridgehead atoms. The molecule has 1 aliphatic heterocycles. The summed E-state index contributed by atoms with van der Waals surface area (Å²) in [5, 5.41) is 7.14. The van der Waals surface area contributed by atoms with Crippen molar-refractivity contribution in [3.8, 4) is 0 Å². The molecule has 1 aliphatic rings. The second kappa shape index (κ2) is 11.8. The van der Waals surface area contributed by atoms with Crippen molar-refractivity contribution >= 4 is 38.4 Å². The molecule has 200 valence electrons. The summed E-state index contributed by atoms with van der Waals surface area (Å²) in [5.41, 5.74) is 0.186. The molecule has 11 heteroatoms. The highest BCUT2D eigenvalue weighted by molar-refractivity contribution is 7.89. The van der Waals surface area contributed by atoms with Crippen molar-refractivity contribution in [2.75, 3.05) is 13.1 Å². The summed E-state index contributed by atoms with van der Waals surface area (Å²) < 4.78 is 27.0. The second-order valence-electron chi connectivity index (χ2n) is 9.75. The van der Waals surface area contributed by atoms with Gasteiger partial charge in [0.2, 0.25) is 5.91 Å². The molecule has 2 aromatic heterocycles. The first-order valence-corrected chi connectivity index (χ1v) is 14.0. The van der Waals surface area contributed by atoms with Crippen molar-refractivity contribution in [2.45, 2.75) is 50.2 Å². The van der Waals surface area contributed by atoms with Crippen LogP contribution in [-0.2, 0) is 19.6 Å². The third kappa shape index (κ3) is 6.40. The van der Waals surface area contributed by atoms with Crippen LogP contribution in [0.3, 0.4) is 0 Å². The smallest absolute Gasteiger partial charge is 0.270 e. The van der Waals surface area contributed by atoms with Gasteiger partial charge in [0.1, 0.15) is 11.7 Å². The number of aromatic nitrogens is 2. The molecule has 3 heterocycles. The number of nitrogens with zero attached hydrogens (tertiary/aromatic N) is 3. The molecule has 0 unspecified atom stereocenters. The number of rotatable bonds is 8. The second-order valence-corrected chi connectivity index (χ2v) is 11.6. The summed E-state index contributed by atoms with van der Waals surface area (Å²) in [6.45, 7) is 3.62. The number of pyridine rings is 2. The molecule has 0 spiro atoms. The highest BCUT2D eigenvalue weighted by Gasteiger charge is 2.35. The number of Topliss-reactive ketones (excluding diaryl/α,β-unsaturated/α-hetero) is 1. The number of benzene rings is 1. The molecule has 38 heavy (non-hydrogen) atoms. The summed E-state index contributed by atoms with van der Waals surface area (Å²) in [5.74, 6) is -1.32. The lowest BCUT2D eigenvalue weighted by atomic mass is 10.0. The largest absolute Gasteiger partial charge is 0.344 e. The molecule has 1 fully saturated rings. The fourth-order valence-corrected chi connectivity index (χ4v) is 5.78. The highest BCUT2D eigenvalue weighted by atomic mass is 32.2. The van der Waals surface area contributed by atoms with Crippen molar-refractivity contribution < 1.29 is 22.8 Å². The highest BCUT2D eigenvalue weighted by Crippen LogP contribution is 2.18. The molecule has 10 nitrogen and oxygen atoms in total. The fraction of sp³-hybridized carbons (Fsp3) is 0.370. The zero-order valence-corrected chi connectivity index (χ0v) is 22.1. The van der Waals surface area contributed by atoms with Gasteiger partial charge in [-0.25, -0.2) is 13.4 Å². The Morgan fingerprint density at radius 3 is 2.53 bits per heavy atom. The lowest BCUT2D eigenvalue weighted by molar-refractivity contribution is -0.129. The number of amides is 2. The average molecular weight is 538 g/mol. The van der Waals surface area contributed by atoms with E-state index in [1.165, 1.54) is 12.3 Å². The number of fused-ring (bicyclic) bond motifs is 1. The number of carbonyl (C=O) groups excluding carboxylic acids is 3. The maximum Gasteiger partial charge on any atom is 0.270 e. The van der Waals surface area contributed by atoms with Crippen LogP contribution in [0, 0.1) is 5.92 Å². The molecule has 1 aromatic carbocycles. The summed E-state index contributed by atoms with van der Waals surface area (Å²) in [6.07, 6.45) is 4.01. The molecule has 0 saturated carbocycles. The van der Waals surface area contributed by atoms with Crippen LogP contribution < -0.4 is 10.6 Å². The standard InChI is InChI=1S/C27H31N5O5S/c1-18(2)14-23(31-26(34)22-15-19-8-3-4-9-20(19)16-29-22)27(35)30-21-10-7-13-32(17-24(21)33)38(36,37)25-11-5-6-12-28-25/h3-6,8-9,11-12,15-16,18,21,23H,7,10,13-14,17H2,1-2H3,(H,30,35)(H,31,34)/t21-,23-/m1/s1. The summed E-state index contributed by atoms with van der Waals surface area (Å²) in [6, 6.07) is 12.0. The lowest BCUT2D eigenvalue weighted by Gasteiger charge is -2.23. The van der Waals surface area contributed by atoms with E-state index in [0.29, 0.717) is 12.8 Å². The van der Waals surface area contributed by atoms with E-state index in [1.807, 2.05) is 38.1 Å². The van der Waals surface area contributed by atoms with Gasteiger partial charge in [-0.3, -0.25) is 19.4 Å². The van der Waals surface area contributed by atoms with Crippen molar-refractivity contribution in [3.63, 3.8) is 0 Å². The van der Waals surface area contributed by atoms with E-state index in [0.717, 1.165) is 15.1 Å². The third-order valence-electron chi connectivity index (χ3n) is 6.37. The van der Waals surface area contributed by atoms with E-state index < -0.39 is 39.7 Å². The van der Waals surface area contributed by atoms with Gasteiger partial charge in [0.15, 0.2) is 10.8 Å². The molecule has 3 aromatic rings. The molecule has 1 saturated heterocycles. The summed E-state index contributed by atoms with van der Waals surface area (Å²) in [7, 11) is -3.94. The molecule has 2 amide bonds. The van der Waals surface area contributed by atoms with Gasteiger partial charge in [-0.1, -0.05) is 44.2 Å². The Hall–Kier alpha value is -3.70. The van der Waals surface area contributed by atoms with Crippen LogP contribution >= 0.6 is 0 Å². The SMILES string of the molecule is CC(C)C[C@@H](NC(=O)c1cc2ccccc2cn1)C(=O)N[C@@H]1CCCN(S(=O)(=O)c2ccccn2)CC1=O. The number of nitrogens with one attached hydrogen (secondary N) is 2. The normalized spacial score (nSPS) is 17.7. The third-order valence-corrected chi connectivity index (χ3v) is 8.13. The van der Waals surface area contributed by atoms with Crippen LogP contribution in [-0.4, -0.2) is 65.5 Å². The Kier molecular flexibility index (Phi) is 8.48. The van der Waals surface area contributed by atoms with Crippen LogP contribution in [0.4, 0.5) is 0 Å². The summed E-state index contributed by atoms with van der Waals surface area (Å²) >= 11 is 0. The molecule has 0 aliphatic carbocycles. The first-order chi connectivity index (χ1) is 18.1. The Bertz CT molecular complexity index is 1430. The number of hydrogen-bond acceptors (Lipinski definition) is 7. The minimum Gasteiger partial charge on any atom is -0.344 e. The topological polar surface area (TPSA) is 138 Å². The van der Waals surface area contributed by atoms with E-state index >= 15 is 0 Å². The van der Waals surface area contributed by atoms with Crippen molar-refractivity contribution in [2.24, 2.45) is 5.92 Å². The first-order valence-electron chi connectivity index (χ1n) is 12.5. The van der Waals surface area contributed by atoms with Crippen molar-refractivity contribution in [3.05, 3.63) is 66.6 Å².